The molecule has 5 rings (SSSR count). The molecule has 0 saturated carbocycles. The van der Waals surface area contributed by atoms with Gasteiger partial charge in [0.05, 0.1) is 17.9 Å². The average molecular weight is 595 g/mol. The Morgan fingerprint density at radius 2 is 1.57 bits per heavy atom. The van der Waals surface area contributed by atoms with Crippen LogP contribution in [-0.4, -0.2) is 36.1 Å². The van der Waals surface area contributed by atoms with Gasteiger partial charge in [0.2, 0.25) is 6.17 Å². The van der Waals surface area contributed by atoms with Gasteiger partial charge in [-0.25, -0.2) is 9.79 Å². The Balaban J connectivity index is 1.53. The Morgan fingerprint density at radius 1 is 0.875 bits per heavy atom. The number of nitrogens with one attached hydrogen (secondary N) is 2. The minimum absolute atomic E-state index is 0.204. The number of urea groups is 1. The van der Waals surface area contributed by atoms with E-state index in [1.807, 2.05) is 86.6 Å². The number of benzodiazepines with no additional fused rings is 1. The molecule has 1 atom stereocenters. The van der Waals surface area contributed by atoms with Crippen LogP contribution >= 0.6 is 15.9 Å². The van der Waals surface area contributed by atoms with Crippen LogP contribution in [0.4, 0.5) is 16.2 Å². The Bertz CT molecular complexity index is 1630. The summed E-state index contributed by atoms with van der Waals surface area (Å²) in [6.07, 6.45) is -1.27. The van der Waals surface area contributed by atoms with E-state index in [0.717, 1.165) is 21.2 Å². The molecular weight excluding hydrogens is 568 g/mol. The van der Waals surface area contributed by atoms with Crippen molar-refractivity contribution in [3.8, 4) is 0 Å². The molecule has 3 amide bonds. The molecule has 0 aliphatic carbocycles. The molecule has 0 aromatic heterocycles. The zero-order valence-corrected chi connectivity index (χ0v) is 23.6. The summed E-state index contributed by atoms with van der Waals surface area (Å²) in [5.41, 5.74) is 5.44. The zero-order chi connectivity index (χ0) is 28.2. The van der Waals surface area contributed by atoms with Crippen LogP contribution in [0.5, 0.6) is 0 Å². The fourth-order valence-electron chi connectivity index (χ4n) is 4.64. The van der Waals surface area contributed by atoms with Crippen LogP contribution in [0.1, 0.15) is 32.6 Å². The number of anilines is 2. The van der Waals surface area contributed by atoms with Crippen molar-refractivity contribution in [3.05, 3.63) is 129 Å². The lowest BCUT2D eigenvalue weighted by Gasteiger charge is -2.25. The molecule has 4 aromatic carbocycles. The number of benzene rings is 4. The van der Waals surface area contributed by atoms with Crippen molar-refractivity contribution in [1.29, 1.82) is 0 Å². The van der Waals surface area contributed by atoms with Crippen LogP contribution < -0.4 is 15.5 Å². The number of aryl methyl sites for hydroxylation is 2. The maximum absolute atomic E-state index is 14.0. The van der Waals surface area contributed by atoms with Crippen LogP contribution in [0, 0.1) is 13.8 Å². The van der Waals surface area contributed by atoms with Crippen molar-refractivity contribution in [2.45, 2.75) is 20.0 Å². The molecule has 0 saturated heterocycles. The van der Waals surface area contributed by atoms with Gasteiger partial charge in [-0.2, -0.15) is 0 Å². The molecule has 8 heteroatoms. The number of halogens is 1. The highest BCUT2D eigenvalue weighted by Crippen LogP contribution is 2.29. The van der Waals surface area contributed by atoms with E-state index in [1.165, 1.54) is 4.90 Å². The number of ketones is 1. The smallest absolute Gasteiger partial charge is 0.308 e. The zero-order valence-electron chi connectivity index (χ0n) is 22.0. The first-order chi connectivity index (χ1) is 19.3. The van der Waals surface area contributed by atoms with Crippen LogP contribution in [-0.2, 0) is 4.79 Å². The van der Waals surface area contributed by atoms with E-state index in [1.54, 1.807) is 24.3 Å². The number of carbonyl (C=O) groups is 3. The number of nitrogens with zero attached hydrogens (tertiary/aromatic N) is 2. The number of Topliss-reactive ketones (excluding diaryl/α,β-unsaturated/α-hetero) is 1. The molecule has 200 valence electrons. The normalized spacial score (nSPS) is 14.6. The fraction of sp³-hybridized carbons (Fsp3) is 0.125. The first-order valence-corrected chi connectivity index (χ1v) is 13.6. The van der Waals surface area contributed by atoms with Crippen molar-refractivity contribution < 1.29 is 14.4 Å². The van der Waals surface area contributed by atoms with Crippen LogP contribution in [0.2, 0.25) is 0 Å². The van der Waals surface area contributed by atoms with Gasteiger partial charge in [-0.05, 0) is 49.2 Å². The Labute approximate surface area is 241 Å². The van der Waals surface area contributed by atoms with Crippen molar-refractivity contribution in [2.24, 2.45) is 4.99 Å². The van der Waals surface area contributed by atoms with Gasteiger partial charge in [0.15, 0.2) is 5.78 Å². The minimum Gasteiger partial charge on any atom is -0.308 e. The van der Waals surface area contributed by atoms with Gasteiger partial charge < -0.3 is 15.5 Å². The van der Waals surface area contributed by atoms with E-state index in [2.05, 4.69) is 26.6 Å². The molecule has 40 heavy (non-hydrogen) atoms. The van der Waals surface area contributed by atoms with Crippen molar-refractivity contribution >= 4 is 50.7 Å². The summed E-state index contributed by atoms with van der Waals surface area (Å²) in [6, 6.07) is 28.9. The highest BCUT2D eigenvalue weighted by molar-refractivity contribution is 9.10. The first-order valence-electron chi connectivity index (χ1n) is 12.8. The SMILES string of the molecule is Cc1cc(NC(=O)N[C@@H]2N=C(c3ccccc3)c3ccccc3N(CC(=O)c3ccccc3C)C2=O)ccc1Br. The highest BCUT2D eigenvalue weighted by atomic mass is 79.9. The van der Waals surface area contributed by atoms with Gasteiger partial charge in [-0.1, -0.05) is 88.7 Å². The van der Waals surface area contributed by atoms with Crippen molar-refractivity contribution in [3.63, 3.8) is 0 Å². The summed E-state index contributed by atoms with van der Waals surface area (Å²) in [4.78, 5) is 46.8. The van der Waals surface area contributed by atoms with Gasteiger partial charge in [-0.3, -0.25) is 9.59 Å². The Hall–Kier alpha value is -4.56. The second-order valence-corrected chi connectivity index (χ2v) is 10.3. The number of aliphatic imine (C=N–C) groups is 1. The number of para-hydroxylation sites is 1. The van der Waals surface area contributed by atoms with E-state index in [-0.39, 0.29) is 12.3 Å². The minimum atomic E-state index is -1.27. The predicted molar refractivity (Wildman–Crippen MR) is 161 cm³/mol. The third-order valence-electron chi connectivity index (χ3n) is 6.69. The van der Waals surface area contributed by atoms with Crippen molar-refractivity contribution in [2.75, 3.05) is 16.8 Å². The second kappa shape index (κ2) is 11.7. The Morgan fingerprint density at radius 3 is 2.33 bits per heavy atom. The molecule has 1 aliphatic heterocycles. The van der Waals surface area contributed by atoms with E-state index < -0.39 is 18.1 Å². The molecule has 0 spiro atoms. The quantitative estimate of drug-likeness (QED) is 0.257. The maximum atomic E-state index is 14.0. The summed E-state index contributed by atoms with van der Waals surface area (Å²) in [5, 5.41) is 5.51. The summed E-state index contributed by atoms with van der Waals surface area (Å²) >= 11 is 3.46. The van der Waals surface area contributed by atoms with E-state index >= 15 is 0 Å². The van der Waals surface area contributed by atoms with Crippen LogP contribution in [0.25, 0.3) is 0 Å². The summed E-state index contributed by atoms with van der Waals surface area (Å²) in [5.74, 6) is -0.722. The lowest BCUT2D eigenvalue weighted by Crippen LogP contribution is -2.50. The number of fused-ring (bicyclic) bond motifs is 1. The number of hydrogen-bond acceptors (Lipinski definition) is 4. The van der Waals surface area contributed by atoms with Crippen molar-refractivity contribution in [1.82, 2.24) is 5.32 Å². The number of rotatable bonds is 6. The van der Waals surface area contributed by atoms with Gasteiger partial charge >= 0.3 is 6.03 Å². The molecule has 0 fully saturated rings. The lowest BCUT2D eigenvalue weighted by atomic mass is 9.99. The lowest BCUT2D eigenvalue weighted by molar-refractivity contribution is -0.120. The largest absolute Gasteiger partial charge is 0.321 e. The van der Waals surface area contributed by atoms with Gasteiger partial charge in [-0.15, -0.1) is 0 Å². The number of hydrogen-bond donors (Lipinski definition) is 2. The summed E-state index contributed by atoms with van der Waals surface area (Å²) < 4.78 is 0.918. The maximum Gasteiger partial charge on any atom is 0.321 e. The van der Waals surface area contributed by atoms with Gasteiger partial charge in [0.25, 0.3) is 5.91 Å². The van der Waals surface area contributed by atoms with Crippen LogP contribution in [0.3, 0.4) is 0 Å². The second-order valence-electron chi connectivity index (χ2n) is 9.49. The van der Waals surface area contributed by atoms with Gasteiger partial charge in [0, 0.05) is 26.9 Å². The molecule has 4 aromatic rings. The molecule has 7 nitrogen and oxygen atoms in total. The average Bonchev–Trinajstić information content (AvgIpc) is 3.06. The molecule has 2 N–H and O–H groups in total. The Kier molecular flexibility index (Phi) is 7.89. The topological polar surface area (TPSA) is 90.9 Å². The van der Waals surface area contributed by atoms with E-state index in [9.17, 15) is 14.4 Å². The highest BCUT2D eigenvalue weighted by Gasteiger charge is 2.34. The number of carbonyl (C=O) groups excluding carboxylic acids is 3. The number of amides is 3. The summed E-state index contributed by atoms with van der Waals surface area (Å²) in [7, 11) is 0. The molecule has 1 heterocycles. The van der Waals surface area contributed by atoms with E-state index in [4.69, 9.17) is 4.99 Å². The standard InChI is InChI=1S/C32H27BrN4O3/c1-20-10-6-7-13-24(20)28(38)19-37-27-15-9-8-14-25(27)29(22-11-4-3-5-12-22)35-30(31(37)39)36-32(40)34-23-16-17-26(33)21(2)18-23/h3-18,30H,19H2,1-2H3,(H2,34,36,40)/t30-/m0/s1. The summed E-state index contributed by atoms with van der Waals surface area (Å²) in [6.45, 7) is 3.57. The molecule has 0 radical (unpaired) electrons. The molecular formula is C32H27BrN4O3. The molecule has 1 aliphatic rings. The van der Waals surface area contributed by atoms with Gasteiger partial charge in [0.1, 0.15) is 0 Å². The predicted octanol–water partition coefficient (Wildman–Crippen LogP) is 6.28. The first kappa shape index (κ1) is 27.0. The third-order valence-corrected chi connectivity index (χ3v) is 7.58. The van der Waals surface area contributed by atoms with Crippen LogP contribution in [0.15, 0.2) is 107 Å². The monoisotopic (exact) mass is 594 g/mol. The van der Waals surface area contributed by atoms with E-state index in [0.29, 0.717) is 28.2 Å². The fourth-order valence-corrected chi connectivity index (χ4v) is 4.89. The third kappa shape index (κ3) is 5.72. The molecule has 0 bridgehead atoms. The molecule has 0 unspecified atom stereocenters.